The monoisotopic (exact) mass is 392 g/mol. The van der Waals surface area contributed by atoms with E-state index in [1.807, 2.05) is 12.1 Å². The molecule has 6 heteroatoms. The van der Waals surface area contributed by atoms with Gasteiger partial charge in [-0.2, -0.15) is 0 Å². The minimum atomic E-state index is -0.458. The van der Waals surface area contributed by atoms with Crippen LogP contribution >= 0.6 is 0 Å². The summed E-state index contributed by atoms with van der Waals surface area (Å²) in [5.74, 6) is 0.213. The number of esters is 1. The number of Topliss-reactive ketones (excluding diaryl/α,β-unsaturated/α-hetero) is 1. The second-order valence-electron chi connectivity index (χ2n) is 7.07. The molecule has 1 aliphatic heterocycles. The highest BCUT2D eigenvalue weighted by atomic mass is 16.7. The number of benzene rings is 1. The Hall–Kier alpha value is -1.92. The highest BCUT2D eigenvalue weighted by molar-refractivity contribution is 5.94. The predicted molar refractivity (Wildman–Crippen MR) is 105 cm³/mol. The number of hydrogen-bond acceptors (Lipinski definition) is 6. The molecule has 0 radical (unpaired) electrons. The van der Waals surface area contributed by atoms with Crippen LogP contribution in [0.5, 0.6) is 5.75 Å². The minimum absolute atomic E-state index is 0.0230. The van der Waals surface area contributed by atoms with Gasteiger partial charge in [-0.15, -0.1) is 0 Å². The van der Waals surface area contributed by atoms with Crippen LogP contribution in [0.1, 0.15) is 57.4 Å². The molecule has 0 spiro atoms. The van der Waals surface area contributed by atoms with Crippen molar-refractivity contribution in [3.8, 4) is 5.75 Å². The number of hydrogen-bond donors (Lipinski definition) is 0. The van der Waals surface area contributed by atoms with Crippen molar-refractivity contribution in [2.24, 2.45) is 0 Å². The smallest absolute Gasteiger partial charge is 0.313 e. The van der Waals surface area contributed by atoms with Gasteiger partial charge in [-0.05, 0) is 69.6 Å². The van der Waals surface area contributed by atoms with Crippen molar-refractivity contribution in [3.05, 3.63) is 29.8 Å². The Morgan fingerprint density at radius 3 is 2.75 bits per heavy atom. The number of rotatable bonds is 13. The summed E-state index contributed by atoms with van der Waals surface area (Å²) in [6.07, 6.45) is 6.54. The molecular formula is C22H32O6. The molecule has 6 nitrogen and oxygen atoms in total. The molecule has 1 saturated heterocycles. The number of ketones is 1. The Bertz CT molecular complexity index is 594. The second kappa shape index (κ2) is 13.3. The zero-order valence-corrected chi connectivity index (χ0v) is 16.8. The molecular weight excluding hydrogens is 360 g/mol. The van der Waals surface area contributed by atoms with Crippen molar-refractivity contribution in [2.75, 3.05) is 26.4 Å². The van der Waals surface area contributed by atoms with E-state index in [0.717, 1.165) is 44.5 Å². The van der Waals surface area contributed by atoms with Crippen LogP contribution in [-0.2, 0) is 30.2 Å². The van der Waals surface area contributed by atoms with Gasteiger partial charge in [0, 0.05) is 6.61 Å². The average molecular weight is 392 g/mol. The van der Waals surface area contributed by atoms with E-state index in [9.17, 15) is 9.59 Å². The number of ether oxygens (including phenoxy) is 4. The topological polar surface area (TPSA) is 71.1 Å². The number of aryl methyl sites for hydroxylation is 1. The molecule has 1 unspecified atom stereocenters. The van der Waals surface area contributed by atoms with E-state index in [4.69, 9.17) is 18.9 Å². The zero-order valence-electron chi connectivity index (χ0n) is 16.8. The van der Waals surface area contributed by atoms with Gasteiger partial charge >= 0.3 is 5.97 Å². The number of carbonyl (C=O) groups is 2. The first-order valence-corrected chi connectivity index (χ1v) is 10.2. The third kappa shape index (κ3) is 9.85. The van der Waals surface area contributed by atoms with E-state index in [1.165, 1.54) is 18.9 Å². The second-order valence-corrected chi connectivity index (χ2v) is 7.07. The summed E-state index contributed by atoms with van der Waals surface area (Å²) in [7, 11) is 0. The lowest BCUT2D eigenvalue weighted by Crippen LogP contribution is -2.22. The molecule has 0 saturated carbocycles. The average Bonchev–Trinajstić information content (AvgIpc) is 2.68. The van der Waals surface area contributed by atoms with Gasteiger partial charge in [-0.25, -0.2) is 0 Å². The van der Waals surface area contributed by atoms with Gasteiger partial charge in [-0.1, -0.05) is 12.1 Å². The molecule has 0 aliphatic carbocycles. The van der Waals surface area contributed by atoms with Crippen molar-refractivity contribution in [2.45, 2.75) is 64.6 Å². The SMILES string of the molecule is CC(=O)CC(=O)OCCCCOc1cccc(CCCOC2CCCCO2)c1. The molecule has 1 aromatic rings. The van der Waals surface area contributed by atoms with Crippen LogP contribution in [0.4, 0.5) is 0 Å². The van der Waals surface area contributed by atoms with Gasteiger partial charge in [0.1, 0.15) is 18.0 Å². The molecule has 156 valence electrons. The molecule has 0 amide bonds. The van der Waals surface area contributed by atoms with Crippen molar-refractivity contribution in [1.82, 2.24) is 0 Å². The molecule has 1 aromatic carbocycles. The third-order valence-corrected chi connectivity index (χ3v) is 4.41. The van der Waals surface area contributed by atoms with Crippen LogP contribution in [0.2, 0.25) is 0 Å². The van der Waals surface area contributed by atoms with E-state index in [2.05, 4.69) is 12.1 Å². The summed E-state index contributed by atoms with van der Waals surface area (Å²) < 4.78 is 22.1. The van der Waals surface area contributed by atoms with E-state index < -0.39 is 5.97 Å². The van der Waals surface area contributed by atoms with Gasteiger partial charge in [0.2, 0.25) is 0 Å². The maximum atomic E-state index is 11.3. The maximum Gasteiger partial charge on any atom is 0.313 e. The first kappa shape index (κ1) is 22.4. The summed E-state index contributed by atoms with van der Waals surface area (Å²) in [4.78, 5) is 22.0. The molecule has 1 aliphatic rings. The lowest BCUT2D eigenvalue weighted by Gasteiger charge is -2.22. The molecule has 1 atom stereocenters. The molecule has 0 N–H and O–H groups in total. The van der Waals surface area contributed by atoms with Crippen molar-refractivity contribution >= 4 is 11.8 Å². The minimum Gasteiger partial charge on any atom is -0.494 e. The quantitative estimate of drug-likeness (QED) is 0.289. The molecule has 1 fully saturated rings. The number of carbonyl (C=O) groups excluding carboxylic acids is 2. The molecule has 2 rings (SSSR count). The maximum absolute atomic E-state index is 11.3. The fourth-order valence-electron chi connectivity index (χ4n) is 2.96. The Morgan fingerprint density at radius 2 is 1.96 bits per heavy atom. The molecule has 0 aromatic heterocycles. The summed E-state index contributed by atoms with van der Waals surface area (Å²) in [6, 6.07) is 8.10. The predicted octanol–water partition coefficient (Wildman–Crippen LogP) is 3.84. The summed E-state index contributed by atoms with van der Waals surface area (Å²) in [5.41, 5.74) is 1.23. The van der Waals surface area contributed by atoms with E-state index in [-0.39, 0.29) is 18.5 Å². The van der Waals surface area contributed by atoms with Gasteiger partial charge in [-0.3, -0.25) is 9.59 Å². The largest absolute Gasteiger partial charge is 0.494 e. The highest BCUT2D eigenvalue weighted by Crippen LogP contribution is 2.17. The van der Waals surface area contributed by atoms with Gasteiger partial charge < -0.3 is 18.9 Å². The first-order valence-electron chi connectivity index (χ1n) is 10.2. The Labute approximate surface area is 167 Å². The fourth-order valence-corrected chi connectivity index (χ4v) is 2.96. The summed E-state index contributed by atoms with van der Waals surface area (Å²) in [5, 5.41) is 0. The third-order valence-electron chi connectivity index (χ3n) is 4.41. The molecule has 28 heavy (non-hydrogen) atoms. The van der Waals surface area contributed by atoms with Gasteiger partial charge in [0.15, 0.2) is 6.29 Å². The molecule has 0 bridgehead atoms. The van der Waals surface area contributed by atoms with E-state index in [0.29, 0.717) is 26.2 Å². The Kier molecular flexibility index (Phi) is 10.6. The van der Waals surface area contributed by atoms with E-state index >= 15 is 0 Å². The van der Waals surface area contributed by atoms with Crippen molar-refractivity contribution in [1.29, 1.82) is 0 Å². The van der Waals surface area contributed by atoms with Crippen LogP contribution in [0.15, 0.2) is 24.3 Å². The van der Waals surface area contributed by atoms with Crippen LogP contribution in [0.3, 0.4) is 0 Å². The number of unbranched alkanes of at least 4 members (excludes halogenated alkanes) is 1. The van der Waals surface area contributed by atoms with Crippen molar-refractivity contribution < 1.29 is 28.5 Å². The van der Waals surface area contributed by atoms with Gasteiger partial charge in [0.25, 0.3) is 0 Å². The summed E-state index contributed by atoms with van der Waals surface area (Å²) in [6.45, 7) is 3.78. The van der Waals surface area contributed by atoms with Crippen LogP contribution < -0.4 is 4.74 Å². The van der Waals surface area contributed by atoms with Crippen LogP contribution in [-0.4, -0.2) is 44.5 Å². The zero-order chi connectivity index (χ0) is 20.0. The Morgan fingerprint density at radius 1 is 1.11 bits per heavy atom. The highest BCUT2D eigenvalue weighted by Gasteiger charge is 2.13. The Balaban J connectivity index is 1.54. The van der Waals surface area contributed by atoms with Gasteiger partial charge in [0.05, 0.1) is 19.8 Å². The normalized spacial score (nSPS) is 16.5. The van der Waals surface area contributed by atoms with Crippen LogP contribution in [0.25, 0.3) is 0 Å². The lowest BCUT2D eigenvalue weighted by molar-refractivity contribution is -0.162. The lowest BCUT2D eigenvalue weighted by atomic mass is 10.1. The standard InChI is InChI=1S/C22H32O6/c1-18(23)16-21(24)26-13-5-4-12-25-20-10-6-8-19(17-20)9-7-15-28-22-11-2-3-14-27-22/h6,8,10,17,22H,2-5,7,9,11-16H2,1H3. The van der Waals surface area contributed by atoms with E-state index in [1.54, 1.807) is 0 Å². The van der Waals surface area contributed by atoms with Crippen molar-refractivity contribution in [3.63, 3.8) is 0 Å². The molecule has 1 heterocycles. The fraction of sp³-hybridized carbons (Fsp3) is 0.636. The summed E-state index contributed by atoms with van der Waals surface area (Å²) >= 11 is 0. The first-order chi connectivity index (χ1) is 13.6. The van der Waals surface area contributed by atoms with Crippen LogP contribution in [0, 0.1) is 0 Å².